The summed E-state index contributed by atoms with van der Waals surface area (Å²) < 4.78 is 0. The Morgan fingerprint density at radius 1 is 0.667 bits per heavy atom. The second kappa shape index (κ2) is 12.5. The van der Waals surface area contributed by atoms with Crippen LogP contribution in [0, 0.1) is 41.5 Å². The van der Waals surface area contributed by atoms with E-state index in [2.05, 4.69) is 65.8 Å². The average Bonchev–Trinajstić information content (AvgIpc) is 2.73. The third-order valence-corrected chi connectivity index (χ3v) is 5.32. The molecule has 0 aliphatic heterocycles. The summed E-state index contributed by atoms with van der Waals surface area (Å²) in [6.45, 7) is 16.7. The number of nitrogens with zero attached hydrogens (tertiary/aromatic N) is 3. The first-order valence-corrected chi connectivity index (χ1v) is 13.5. The van der Waals surface area contributed by atoms with Gasteiger partial charge in [-0.05, 0) is 89.8 Å². The Hall–Kier alpha value is -1.98. The molecule has 0 aliphatic rings. The van der Waals surface area contributed by atoms with Crippen LogP contribution in [0.5, 0.6) is 0 Å². The first kappa shape index (κ1) is 27.3. The second-order valence-electron chi connectivity index (χ2n) is 8.34. The Balaban J connectivity index is 0.00000122. The van der Waals surface area contributed by atoms with Crippen molar-refractivity contribution in [3.05, 3.63) is 87.2 Å². The van der Waals surface area contributed by atoms with Gasteiger partial charge in [-0.15, -0.1) is 0 Å². The SMILES string of the molecule is CC(=Nc1c(C)cc(C)cc1C)c1cccc(C(C)=Nc2c(C)cc(C)cc2C)n1.[Cl][Co][Cl]. The molecule has 2 aromatic carbocycles. The molecule has 0 saturated carbocycles. The minimum atomic E-state index is 0.382. The van der Waals surface area contributed by atoms with Crippen LogP contribution in [0.15, 0.2) is 52.4 Å². The van der Waals surface area contributed by atoms with E-state index in [-0.39, 0.29) is 0 Å². The predicted molar refractivity (Wildman–Crippen MR) is 141 cm³/mol. The van der Waals surface area contributed by atoms with Crippen molar-refractivity contribution < 1.29 is 12.9 Å². The van der Waals surface area contributed by atoms with E-state index in [4.69, 9.17) is 35.3 Å². The molecule has 0 spiro atoms. The van der Waals surface area contributed by atoms with Crippen LogP contribution in [0.1, 0.15) is 58.6 Å². The van der Waals surface area contributed by atoms with Crippen molar-refractivity contribution in [2.75, 3.05) is 0 Å². The summed E-state index contributed by atoms with van der Waals surface area (Å²) in [6, 6.07) is 14.7. The van der Waals surface area contributed by atoms with Gasteiger partial charge in [0, 0.05) is 0 Å². The molecule has 0 radical (unpaired) electrons. The van der Waals surface area contributed by atoms with Crippen molar-refractivity contribution in [1.29, 1.82) is 0 Å². The molecule has 6 heteroatoms. The van der Waals surface area contributed by atoms with Gasteiger partial charge in [-0.1, -0.05) is 41.5 Å². The van der Waals surface area contributed by atoms with Crippen molar-refractivity contribution in [3.63, 3.8) is 0 Å². The quantitative estimate of drug-likeness (QED) is 0.313. The zero-order valence-corrected chi connectivity index (χ0v) is 23.0. The number of benzene rings is 2. The fourth-order valence-corrected chi connectivity index (χ4v) is 3.99. The van der Waals surface area contributed by atoms with E-state index < -0.39 is 0 Å². The molecule has 0 saturated heterocycles. The van der Waals surface area contributed by atoms with E-state index in [9.17, 15) is 0 Å². The standard InChI is InChI=1S/C27H31N3.2ClH.Co/c1-16-12-18(3)26(19(4)13-16)28-22(7)24-10-9-11-25(30-24)23(8)29-27-20(5)14-17(2)15-21(27)6;;;/h9-15H,1-8H3;2*1H;/q;;;+2/p-2. The first-order valence-electron chi connectivity index (χ1n) is 10.6. The zero-order valence-electron chi connectivity index (χ0n) is 20.5. The number of halogens is 2. The fraction of sp³-hybridized carbons (Fsp3) is 0.296. The van der Waals surface area contributed by atoms with Crippen LogP contribution >= 0.6 is 20.3 Å². The molecule has 33 heavy (non-hydrogen) atoms. The normalized spacial score (nSPS) is 11.9. The molecule has 0 N–H and O–H groups in total. The summed E-state index contributed by atoms with van der Waals surface area (Å²) in [5.74, 6) is 0. The molecule has 0 amide bonds. The summed E-state index contributed by atoms with van der Waals surface area (Å²) in [4.78, 5) is 14.7. The molecule has 0 fully saturated rings. The maximum absolute atomic E-state index is 4.91. The molecule has 3 aromatic rings. The Morgan fingerprint density at radius 2 is 0.970 bits per heavy atom. The summed E-state index contributed by atoms with van der Waals surface area (Å²) in [6.07, 6.45) is 0. The van der Waals surface area contributed by atoms with Gasteiger partial charge in [0.2, 0.25) is 0 Å². The van der Waals surface area contributed by atoms with Crippen LogP contribution in [-0.4, -0.2) is 16.4 Å². The molecule has 177 valence electrons. The molecule has 0 atom stereocenters. The van der Waals surface area contributed by atoms with Gasteiger partial charge in [0.25, 0.3) is 0 Å². The third kappa shape index (κ3) is 7.51. The fourth-order valence-electron chi connectivity index (χ4n) is 3.99. The molecule has 1 aromatic heterocycles. The van der Waals surface area contributed by atoms with Gasteiger partial charge in [0.15, 0.2) is 0 Å². The van der Waals surface area contributed by atoms with E-state index in [0.29, 0.717) is 12.9 Å². The molecule has 0 unspecified atom stereocenters. The first-order chi connectivity index (χ1) is 15.6. The Kier molecular flexibility index (Phi) is 10.3. The van der Waals surface area contributed by atoms with Crippen LogP contribution in [-0.2, 0) is 12.9 Å². The van der Waals surface area contributed by atoms with Gasteiger partial charge in [0.05, 0.1) is 34.2 Å². The van der Waals surface area contributed by atoms with E-state index in [1.165, 1.54) is 33.4 Å². The van der Waals surface area contributed by atoms with E-state index in [1.807, 2.05) is 32.0 Å². The molecule has 3 rings (SSSR count). The molecule has 1 heterocycles. The van der Waals surface area contributed by atoms with Crippen LogP contribution in [0.2, 0.25) is 0 Å². The van der Waals surface area contributed by atoms with Gasteiger partial charge in [-0.2, -0.15) is 0 Å². The van der Waals surface area contributed by atoms with E-state index in [0.717, 1.165) is 34.2 Å². The Bertz CT molecular complexity index is 1060. The van der Waals surface area contributed by atoms with Crippen molar-refractivity contribution >= 4 is 43.1 Å². The zero-order chi connectivity index (χ0) is 24.7. The van der Waals surface area contributed by atoms with Crippen LogP contribution in [0.25, 0.3) is 0 Å². The third-order valence-electron chi connectivity index (χ3n) is 5.32. The molecule has 3 nitrogen and oxygen atoms in total. The van der Waals surface area contributed by atoms with E-state index >= 15 is 0 Å². The number of aromatic nitrogens is 1. The average molecular weight is 527 g/mol. The number of pyridine rings is 1. The van der Waals surface area contributed by atoms with Crippen molar-refractivity contribution in [3.8, 4) is 0 Å². The van der Waals surface area contributed by atoms with Crippen LogP contribution < -0.4 is 0 Å². The minimum absolute atomic E-state index is 0.382. The Morgan fingerprint density at radius 3 is 1.27 bits per heavy atom. The van der Waals surface area contributed by atoms with E-state index in [1.54, 1.807) is 0 Å². The molecule has 0 bridgehead atoms. The Labute approximate surface area is 212 Å². The van der Waals surface area contributed by atoms with Crippen molar-refractivity contribution in [2.24, 2.45) is 9.98 Å². The summed E-state index contributed by atoms with van der Waals surface area (Å²) in [5, 5.41) is 0. The van der Waals surface area contributed by atoms with Gasteiger partial charge >= 0.3 is 33.2 Å². The summed E-state index contributed by atoms with van der Waals surface area (Å²) in [5.41, 5.74) is 12.9. The van der Waals surface area contributed by atoms with Crippen molar-refractivity contribution in [1.82, 2.24) is 4.98 Å². The van der Waals surface area contributed by atoms with Crippen molar-refractivity contribution in [2.45, 2.75) is 55.4 Å². The number of rotatable bonds is 4. The maximum atomic E-state index is 4.91. The summed E-state index contributed by atoms with van der Waals surface area (Å²) >= 11 is 0.382. The van der Waals surface area contributed by atoms with Gasteiger partial charge in [-0.25, -0.2) is 4.98 Å². The van der Waals surface area contributed by atoms with Crippen LogP contribution in [0.3, 0.4) is 0 Å². The monoisotopic (exact) mass is 526 g/mol. The molecular weight excluding hydrogens is 496 g/mol. The summed E-state index contributed by atoms with van der Waals surface area (Å²) in [7, 11) is 9.47. The topological polar surface area (TPSA) is 37.6 Å². The molecular formula is C27H31Cl2CoN3. The van der Waals surface area contributed by atoms with Crippen LogP contribution in [0.4, 0.5) is 11.4 Å². The predicted octanol–water partition coefficient (Wildman–Crippen LogP) is 8.59. The number of hydrogen-bond acceptors (Lipinski definition) is 3. The number of hydrogen-bond donors (Lipinski definition) is 0. The molecule has 0 aliphatic carbocycles. The number of aryl methyl sites for hydroxylation is 6. The van der Waals surface area contributed by atoms with Gasteiger partial charge < -0.3 is 0 Å². The van der Waals surface area contributed by atoms with Gasteiger partial charge in [-0.3, -0.25) is 9.98 Å². The van der Waals surface area contributed by atoms with Gasteiger partial charge in [0.1, 0.15) is 0 Å². The number of aliphatic imine (C=N–C) groups is 2. The second-order valence-corrected chi connectivity index (χ2v) is 10.1.